The lowest BCUT2D eigenvalue weighted by Gasteiger charge is -2.34. The Hall–Kier alpha value is -4.14. The van der Waals surface area contributed by atoms with E-state index in [0.717, 1.165) is 47.3 Å². The van der Waals surface area contributed by atoms with Crippen molar-refractivity contribution in [1.82, 2.24) is 36.2 Å². The number of aryl methyl sites for hydroxylation is 2. The van der Waals surface area contributed by atoms with Crippen LogP contribution in [0.1, 0.15) is 71.5 Å². The highest BCUT2D eigenvalue weighted by molar-refractivity contribution is 5.94. The molecule has 1 aliphatic carbocycles. The Morgan fingerprint density at radius 1 is 1.26 bits per heavy atom. The number of hydrogen-bond donors (Lipinski definition) is 4. The van der Waals surface area contributed by atoms with E-state index in [9.17, 15) is 19.6 Å². The summed E-state index contributed by atoms with van der Waals surface area (Å²) in [7, 11) is 0. The van der Waals surface area contributed by atoms with E-state index in [1.807, 2.05) is 12.1 Å². The van der Waals surface area contributed by atoms with Crippen molar-refractivity contribution in [2.24, 2.45) is 0 Å². The second kappa shape index (κ2) is 12.0. The number of halogens is 1. The van der Waals surface area contributed by atoms with E-state index in [1.165, 1.54) is 6.07 Å². The number of aromatic amines is 1. The number of H-pyrrole nitrogens is 1. The molecule has 2 aliphatic rings. The first-order valence-corrected chi connectivity index (χ1v) is 14.3. The number of hydrogen-bond acceptors (Lipinski definition) is 8. The van der Waals surface area contributed by atoms with Gasteiger partial charge in [0, 0.05) is 30.9 Å². The van der Waals surface area contributed by atoms with E-state index in [-0.39, 0.29) is 24.3 Å². The first-order valence-electron chi connectivity index (χ1n) is 14.3. The van der Waals surface area contributed by atoms with Crippen LogP contribution < -0.4 is 10.6 Å². The van der Waals surface area contributed by atoms with Crippen LogP contribution in [0.2, 0.25) is 0 Å². The first-order chi connectivity index (χ1) is 20.1. The Morgan fingerprint density at radius 3 is 2.69 bits per heavy atom. The Bertz CT molecular complexity index is 1490. The third-order valence-electron chi connectivity index (χ3n) is 8.24. The molecule has 1 aromatic heterocycles. The van der Waals surface area contributed by atoms with Gasteiger partial charge in [0.15, 0.2) is 5.82 Å². The van der Waals surface area contributed by atoms with Gasteiger partial charge in [-0.15, -0.1) is 10.2 Å². The highest BCUT2D eigenvalue weighted by atomic mass is 19.1. The normalized spacial score (nSPS) is 19.9. The zero-order chi connectivity index (χ0) is 29.9. The number of fused-ring (bicyclic) bond motifs is 2. The highest BCUT2D eigenvalue weighted by Gasteiger charge is 2.44. The van der Waals surface area contributed by atoms with E-state index in [0.29, 0.717) is 43.7 Å². The number of carbonyl (C=O) groups excluding carboxylic acids is 1. The molecule has 4 N–H and O–H groups in total. The molecule has 10 nitrogen and oxygen atoms in total. The molecule has 2 heterocycles. The molecular formula is C31H37FN8O2. The van der Waals surface area contributed by atoms with Crippen LogP contribution in [-0.4, -0.2) is 74.4 Å². The van der Waals surface area contributed by atoms with Crippen LogP contribution >= 0.6 is 0 Å². The van der Waals surface area contributed by atoms with Crippen molar-refractivity contribution in [3.05, 3.63) is 88.1 Å². The molecule has 42 heavy (non-hydrogen) atoms. The van der Waals surface area contributed by atoms with Crippen molar-refractivity contribution in [2.75, 3.05) is 26.2 Å². The first kappa shape index (κ1) is 29.4. The van der Waals surface area contributed by atoms with Crippen molar-refractivity contribution in [1.29, 1.82) is 5.26 Å². The third-order valence-corrected chi connectivity index (χ3v) is 8.24. The summed E-state index contributed by atoms with van der Waals surface area (Å²) in [5.41, 5.74) is 3.05. The van der Waals surface area contributed by atoms with E-state index < -0.39 is 11.0 Å². The quantitative estimate of drug-likeness (QED) is 0.272. The maximum atomic E-state index is 14.5. The van der Waals surface area contributed by atoms with E-state index in [1.54, 1.807) is 32.0 Å². The molecule has 1 fully saturated rings. The molecule has 0 radical (unpaired) electrons. The number of aromatic nitrogens is 4. The molecule has 5 rings (SSSR count). The summed E-state index contributed by atoms with van der Waals surface area (Å²) < 4.78 is 14.5. The molecule has 2 aromatic carbocycles. The Kier molecular flexibility index (Phi) is 8.38. The highest BCUT2D eigenvalue weighted by Crippen LogP contribution is 2.46. The standard InChI is InChI=1S/C31H37FN8O2/c1-20(40-14-4-5-25(40)17-33)18-34-13-12-31(29-36-38-39-37-29)26-10-8-23(28(41)35-19-30(2,3)42)15-21(26)6-7-22-16-24(32)9-11-27(22)31/h8-11,15-16,25,34,42H,1,4-7,12-14,18-19H2,2-3H3,(H,35,41)(H,36,37,38,39). The maximum Gasteiger partial charge on any atom is 0.251 e. The molecular weight excluding hydrogens is 535 g/mol. The van der Waals surface area contributed by atoms with Crippen LogP contribution in [0.15, 0.2) is 48.7 Å². The molecule has 2 atom stereocenters. The van der Waals surface area contributed by atoms with Gasteiger partial charge >= 0.3 is 0 Å². The third kappa shape index (κ3) is 5.91. The molecule has 11 heteroatoms. The summed E-state index contributed by atoms with van der Waals surface area (Å²) in [6.07, 6.45) is 3.51. The lowest BCUT2D eigenvalue weighted by atomic mass is 9.69. The summed E-state index contributed by atoms with van der Waals surface area (Å²) in [6.45, 7) is 9.49. The van der Waals surface area contributed by atoms with Crippen LogP contribution in [0.3, 0.4) is 0 Å². The van der Waals surface area contributed by atoms with Crippen LogP contribution in [-0.2, 0) is 18.3 Å². The fraction of sp³-hybridized carbons (Fsp3) is 0.452. The second-order valence-electron chi connectivity index (χ2n) is 11.8. The van der Waals surface area contributed by atoms with Gasteiger partial charge in [0.2, 0.25) is 0 Å². The molecule has 1 saturated heterocycles. The van der Waals surface area contributed by atoms with E-state index >= 15 is 0 Å². The topological polar surface area (TPSA) is 143 Å². The van der Waals surface area contributed by atoms with Crippen LogP contribution in [0.5, 0.6) is 0 Å². The zero-order valence-corrected chi connectivity index (χ0v) is 24.1. The van der Waals surface area contributed by atoms with Gasteiger partial charge in [-0.1, -0.05) is 23.9 Å². The minimum absolute atomic E-state index is 0.115. The summed E-state index contributed by atoms with van der Waals surface area (Å²) in [5, 5.41) is 41.2. The number of benzene rings is 2. The average molecular weight is 573 g/mol. The van der Waals surface area contributed by atoms with Gasteiger partial charge in [0.05, 0.1) is 17.1 Å². The van der Waals surface area contributed by atoms with Gasteiger partial charge in [-0.3, -0.25) is 4.79 Å². The Balaban J connectivity index is 1.49. The smallest absolute Gasteiger partial charge is 0.251 e. The molecule has 0 bridgehead atoms. The SMILES string of the molecule is C=C(CNCCC1(c2nn[nH]n2)c2ccc(F)cc2CCc2cc(C(=O)NCC(C)(C)O)ccc21)N1CCCC1C#N. The van der Waals surface area contributed by atoms with Gasteiger partial charge in [-0.2, -0.15) is 10.5 Å². The fourth-order valence-corrected chi connectivity index (χ4v) is 6.21. The summed E-state index contributed by atoms with van der Waals surface area (Å²) >= 11 is 0. The van der Waals surface area contributed by atoms with E-state index in [4.69, 9.17) is 0 Å². The summed E-state index contributed by atoms with van der Waals surface area (Å²) in [5.74, 6) is -0.140. The van der Waals surface area contributed by atoms with Crippen LogP contribution in [0, 0.1) is 17.1 Å². The van der Waals surface area contributed by atoms with Crippen molar-refractivity contribution in [2.45, 2.75) is 63.0 Å². The molecule has 0 spiro atoms. The number of aliphatic hydroxyl groups is 1. The number of carbonyl (C=O) groups is 1. The van der Waals surface area contributed by atoms with Crippen molar-refractivity contribution < 1.29 is 14.3 Å². The van der Waals surface area contributed by atoms with Crippen LogP contribution in [0.4, 0.5) is 4.39 Å². The second-order valence-corrected chi connectivity index (χ2v) is 11.8. The predicted octanol–water partition coefficient (Wildman–Crippen LogP) is 2.75. The Labute approximate surface area is 245 Å². The largest absolute Gasteiger partial charge is 0.389 e. The maximum absolute atomic E-state index is 14.5. The van der Waals surface area contributed by atoms with Crippen LogP contribution in [0.25, 0.3) is 0 Å². The van der Waals surface area contributed by atoms with Crippen molar-refractivity contribution in [3.8, 4) is 6.07 Å². The summed E-state index contributed by atoms with van der Waals surface area (Å²) in [6, 6.07) is 12.6. The predicted molar refractivity (Wildman–Crippen MR) is 155 cm³/mol. The van der Waals surface area contributed by atoms with Gasteiger partial charge in [-0.05, 0) is 99.0 Å². The number of amides is 1. The monoisotopic (exact) mass is 572 g/mol. The molecule has 2 unspecified atom stereocenters. The molecule has 1 aliphatic heterocycles. The minimum atomic E-state index is -1.04. The number of likely N-dealkylation sites (tertiary alicyclic amines) is 1. The van der Waals surface area contributed by atoms with E-state index in [2.05, 4.69) is 48.8 Å². The van der Waals surface area contributed by atoms with Crippen molar-refractivity contribution in [3.63, 3.8) is 0 Å². The minimum Gasteiger partial charge on any atom is -0.389 e. The molecule has 3 aromatic rings. The zero-order valence-electron chi connectivity index (χ0n) is 24.1. The number of tetrazole rings is 1. The molecule has 1 amide bonds. The summed E-state index contributed by atoms with van der Waals surface area (Å²) in [4.78, 5) is 15.1. The lowest BCUT2D eigenvalue weighted by Crippen LogP contribution is -2.39. The fourth-order valence-electron chi connectivity index (χ4n) is 6.21. The van der Waals surface area contributed by atoms with Crippen molar-refractivity contribution >= 4 is 5.91 Å². The molecule has 220 valence electrons. The molecule has 0 saturated carbocycles. The number of nitrogens with zero attached hydrogens (tertiary/aromatic N) is 5. The van der Waals surface area contributed by atoms with Gasteiger partial charge < -0.3 is 20.6 Å². The Morgan fingerprint density at radius 2 is 2.00 bits per heavy atom. The number of nitriles is 1. The van der Waals surface area contributed by atoms with Gasteiger partial charge in [0.25, 0.3) is 5.91 Å². The average Bonchev–Trinajstić information content (AvgIpc) is 3.66. The number of rotatable bonds is 10. The number of nitrogens with one attached hydrogen (secondary N) is 3. The van der Waals surface area contributed by atoms with Gasteiger partial charge in [0.1, 0.15) is 11.9 Å². The lowest BCUT2D eigenvalue weighted by molar-refractivity contribution is 0.0694. The van der Waals surface area contributed by atoms with Gasteiger partial charge in [-0.25, -0.2) is 4.39 Å².